The normalized spacial score (nSPS) is 11.1. The lowest BCUT2D eigenvalue weighted by Crippen LogP contribution is -2.18. The highest BCUT2D eigenvalue weighted by Gasteiger charge is 2.21. The summed E-state index contributed by atoms with van der Waals surface area (Å²) in [4.78, 5) is 18.4. The van der Waals surface area contributed by atoms with Crippen LogP contribution in [-0.4, -0.2) is 29.5 Å². The quantitative estimate of drug-likeness (QED) is 0.887. The van der Waals surface area contributed by atoms with Gasteiger partial charge in [-0.3, -0.25) is 4.72 Å². The third kappa shape index (κ3) is 3.16. The predicted molar refractivity (Wildman–Crippen MR) is 75.7 cm³/mol. The van der Waals surface area contributed by atoms with Gasteiger partial charge in [-0.25, -0.2) is 23.2 Å². The number of hydrogen-bond acceptors (Lipinski definition) is 5. The lowest BCUT2D eigenvalue weighted by molar-refractivity contribution is 0.0691. The molecule has 2 rings (SSSR count). The van der Waals surface area contributed by atoms with Crippen molar-refractivity contribution in [3.63, 3.8) is 0 Å². The summed E-state index contributed by atoms with van der Waals surface area (Å²) >= 11 is 0. The van der Waals surface area contributed by atoms with E-state index >= 15 is 0 Å². The summed E-state index contributed by atoms with van der Waals surface area (Å²) in [6, 6.07) is 4.85. The highest BCUT2D eigenvalue weighted by molar-refractivity contribution is 7.92. The second-order valence-electron chi connectivity index (χ2n) is 4.43. The lowest BCUT2D eigenvalue weighted by atomic mass is 10.2. The molecule has 0 saturated heterocycles. The van der Waals surface area contributed by atoms with Gasteiger partial charge >= 0.3 is 5.97 Å². The molecule has 0 radical (unpaired) electrons. The molecule has 1 aromatic carbocycles. The average Bonchev–Trinajstić information content (AvgIpc) is 2.37. The molecule has 0 aliphatic carbocycles. The summed E-state index contributed by atoms with van der Waals surface area (Å²) in [5, 5.41) is 8.99. The van der Waals surface area contributed by atoms with Crippen LogP contribution in [0.1, 0.15) is 21.6 Å². The predicted octanol–water partition coefficient (Wildman–Crippen LogP) is 1.59. The van der Waals surface area contributed by atoms with E-state index in [-0.39, 0.29) is 10.7 Å². The van der Waals surface area contributed by atoms with Crippen LogP contribution in [0.4, 0.5) is 5.82 Å². The molecule has 1 heterocycles. The van der Waals surface area contributed by atoms with Gasteiger partial charge in [-0.15, -0.1) is 0 Å². The van der Waals surface area contributed by atoms with Crippen molar-refractivity contribution < 1.29 is 18.3 Å². The molecule has 110 valence electrons. The van der Waals surface area contributed by atoms with Gasteiger partial charge < -0.3 is 5.11 Å². The number of carbonyl (C=O) groups is 1. The van der Waals surface area contributed by atoms with E-state index < -0.39 is 21.7 Å². The Balaban J connectivity index is 2.45. The van der Waals surface area contributed by atoms with Crippen LogP contribution in [0.2, 0.25) is 0 Å². The Morgan fingerprint density at radius 1 is 1.19 bits per heavy atom. The zero-order valence-electron chi connectivity index (χ0n) is 11.4. The zero-order valence-corrected chi connectivity index (χ0v) is 12.2. The van der Waals surface area contributed by atoms with E-state index in [0.29, 0.717) is 5.56 Å². The lowest BCUT2D eigenvalue weighted by Gasteiger charge is -2.11. The highest BCUT2D eigenvalue weighted by atomic mass is 32.2. The van der Waals surface area contributed by atoms with Gasteiger partial charge in [0.15, 0.2) is 11.5 Å². The maximum Gasteiger partial charge on any atom is 0.358 e. The largest absolute Gasteiger partial charge is 0.476 e. The molecule has 0 fully saturated rings. The number of aromatic carboxylic acids is 1. The molecule has 21 heavy (non-hydrogen) atoms. The standard InChI is InChI=1S/C13H13N3O4S/c1-8-3-4-10(9(2)7-8)21(19,20)16-12-11(13(17)18)14-5-6-15-12/h3-7H,1-2H3,(H,15,16)(H,17,18). The minimum absolute atomic E-state index is 0.0649. The maximum absolute atomic E-state index is 12.3. The van der Waals surface area contributed by atoms with Crippen molar-refractivity contribution in [2.24, 2.45) is 0 Å². The number of sulfonamides is 1. The van der Waals surface area contributed by atoms with E-state index in [9.17, 15) is 13.2 Å². The summed E-state index contributed by atoms with van der Waals surface area (Å²) in [5.41, 5.74) is 1.03. The van der Waals surface area contributed by atoms with Crippen LogP contribution in [0.3, 0.4) is 0 Å². The number of carboxylic acids is 1. The Bertz CT molecular complexity index is 803. The van der Waals surface area contributed by atoms with E-state index in [2.05, 4.69) is 14.7 Å². The number of aromatic nitrogens is 2. The topological polar surface area (TPSA) is 109 Å². The Labute approximate surface area is 121 Å². The van der Waals surface area contributed by atoms with Crippen LogP contribution in [-0.2, 0) is 10.0 Å². The maximum atomic E-state index is 12.3. The van der Waals surface area contributed by atoms with Crippen molar-refractivity contribution in [3.8, 4) is 0 Å². The molecule has 8 heteroatoms. The number of rotatable bonds is 4. The Kier molecular flexibility index (Phi) is 3.90. The first-order chi connectivity index (χ1) is 9.81. The smallest absolute Gasteiger partial charge is 0.358 e. The van der Waals surface area contributed by atoms with Crippen molar-refractivity contribution in [2.45, 2.75) is 18.7 Å². The SMILES string of the molecule is Cc1ccc(S(=O)(=O)Nc2nccnc2C(=O)O)c(C)c1. The molecule has 0 unspecified atom stereocenters. The van der Waals surface area contributed by atoms with Crippen LogP contribution in [0.25, 0.3) is 0 Å². The molecule has 0 amide bonds. The monoisotopic (exact) mass is 307 g/mol. The zero-order chi connectivity index (χ0) is 15.6. The van der Waals surface area contributed by atoms with Crippen LogP contribution in [0.15, 0.2) is 35.5 Å². The van der Waals surface area contributed by atoms with Gasteiger partial charge in [-0.1, -0.05) is 17.7 Å². The molecule has 0 bridgehead atoms. The Morgan fingerprint density at radius 3 is 2.48 bits per heavy atom. The fraction of sp³-hybridized carbons (Fsp3) is 0.154. The fourth-order valence-corrected chi connectivity index (χ4v) is 3.10. The average molecular weight is 307 g/mol. The summed E-state index contributed by atoms with van der Waals surface area (Å²) in [6.45, 7) is 3.51. The first kappa shape index (κ1) is 14.9. The van der Waals surface area contributed by atoms with E-state index in [4.69, 9.17) is 5.11 Å². The number of carboxylic acid groups (broad SMARTS) is 1. The van der Waals surface area contributed by atoms with Gasteiger partial charge in [-0.05, 0) is 25.5 Å². The molecule has 2 aromatic rings. The number of hydrogen-bond donors (Lipinski definition) is 2. The number of anilines is 1. The summed E-state index contributed by atoms with van der Waals surface area (Å²) in [5.74, 6) is -1.67. The molecule has 1 aromatic heterocycles. The fourth-order valence-electron chi connectivity index (χ4n) is 1.85. The number of benzene rings is 1. The van der Waals surface area contributed by atoms with Crippen LogP contribution < -0.4 is 4.72 Å². The molecule has 0 atom stereocenters. The third-order valence-electron chi connectivity index (χ3n) is 2.75. The summed E-state index contributed by atoms with van der Waals surface area (Å²) in [7, 11) is -3.93. The Morgan fingerprint density at radius 2 is 1.86 bits per heavy atom. The van der Waals surface area contributed by atoms with Crippen molar-refractivity contribution in [1.29, 1.82) is 0 Å². The second-order valence-corrected chi connectivity index (χ2v) is 6.08. The van der Waals surface area contributed by atoms with E-state index in [1.165, 1.54) is 18.5 Å². The van der Waals surface area contributed by atoms with Gasteiger partial charge in [0.2, 0.25) is 0 Å². The van der Waals surface area contributed by atoms with Gasteiger partial charge in [-0.2, -0.15) is 0 Å². The van der Waals surface area contributed by atoms with Gasteiger partial charge in [0, 0.05) is 12.4 Å². The van der Waals surface area contributed by atoms with Crippen molar-refractivity contribution in [2.75, 3.05) is 4.72 Å². The number of nitrogens with zero attached hydrogens (tertiary/aromatic N) is 2. The Hall–Kier alpha value is -2.48. The van der Waals surface area contributed by atoms with E-state index in [0.717, 1.165) is 5.56 Å². The number of aryl methyl sites for hydroxylation is 2. The number of nitrogens with one attached hydrogen (secondary N) is 1. The summed E-state index contributed by atoms with van der Waals surface area (Å²) in [6.07, 6.45) is 2.39. The van der Waals surface area contributed by atoms with Gasteiger partial charge in [0.1, 0.15) is 0 Å². The molecule has 2 N–H and O–H groups in total. The van der Waals surface area contributed by atoms with Gasteiger partial charge in [0.05, 0.1) is 4.90 Å². The van der Waals surface area contributed by atoms with Gasteiger partial charge in [0.25, 0.3) is 10.0 Å². The molecule has 7 nitrogen and oxygen atoms in total. The van der Waals surface area contributed by atoms with Crippen LogP contribution in [0.5, 0.6) is 0 Å². The van der Waals surface area contributed by atoms with Crippen molar-refractivity contribution >= 4 is 21.8 Å². The van der Waals surface area contributed by atoms with Crippen molar-refractivity contribution in [1.82, 2.24) is 9.97 Å². The molecule has 0 saturated carbocycles. The van der Waals surface area contributed by atoms with Crippen LogP contribution in [0, 0.1) is 13.8 Å². The van der Waals surface area contributed by atoms with E-state index in [1.807, 2.05) is 6.92 Å². The molecule has 0 spiro atoms. The molecule has 0 aliphatic rings. The third-order valence-corrected chi connectivity index (χ3v) is 4.25. The van der Waals surface area contributed by atoms with Crippen LogP contribution >= 0.6 is 0 Å². The highest BCUT2D eigenvalue weighted by Crippen LogP contribution is 2.20. The molecular weight excluding hydrogens is 294 g/mol. The summed E-state index contributed by atoms with van der Waals surface area (Å²) < 4.78 is 26.8. The molecule has 0 aliphatic heterocycles. The van der Waals surface area contributed by atoms with Crippen molar-refractivity contribution in [3.05, 3.63) is 47.4 Å². The second kappa shape index (κ2) is 5.49. The minimum Gasteiger partial charge on any atom is -0.476 e. The minimum atomic E-state index is -3.93. The van der Waals surface area contributed by atoms with E-state index in [1.54, 1.807) is 19.1 Å². The first-order valence-electron chi connectivity index (χ1n) is 5.95. The molecular formula is C13H13N3O4S. The first-order valence-corrected chi connectivity index (χ1v) is 7.44.